The number of benzene rings is 1. The molecular weight excluding hydrogens is 244 g/mol. The highest BCUT2D eigenvalue weighted by Gasteiger charge is 2.36. The first-order chi connectivity index (χ1) is 8.72. The Hall–Kier alpha value is -0.570. The second-order valence-electron chi connectivity index (χ2n) is 5.60. The van der Waals surface area contributed by atoms with Gasteiger partial charge in [0, 0.05) is 30.2 Å². The topological polar surface area (TPSA) is 29.3 Å². The highest BCUT2D eigenvalue weighted by molar-refractivity contribution is 6.31. The zero-order valence-electron chi connectivity index (χ0n) is 11.0. The van der Waals surface area contributed by atoms with E-state index in [0.717, 1.165) is 17.6 Å². The van der Waals surface area contributed by atoms with Gasteiger partial charge in [0.2, 0.25) is 0 Å². The second-order valence-corrected chi connectivity index (χ2v) is 6.01. The van der Waals surface area contributed by atoms with E-state index in [9.17, 15) is 0 Å². The van der Waals surface area contributed by atoms with Gasteiger partial charge in [0.1, 0.15) is 0 Å². The fourth-order valence-corrected chi connectivity index (χ4v) is 3.80. The summed E-state index contributed by atoms with van der Waals surface area (Å²) in [5, 5.41) is 0.887. The number of fused-ring (bicyclic) bond motifs is 1. The van der Waals surface area contributed by atoms with Gasteiger partial charge in [-0.2, -0.15) is 0 Å². The molecule has 2 N–H and O–H groups in total. The largest absolute Gasteiger partial charge is 0.329 e. The Balaban J connectivity index is 1.96. The number of hydrogen-bond donors (Lipinski definition) is 1. The molecule has 1 heterocycles. The van der Waals surface area contributed by atoms with Crippen LogP contribution in [0, 0.1) is 6.92 Å². The third-order valence-electron chi connectivity index (χ3n) is 4.69. The van der Waals surface area contributed by atoms with E-state index < -0.39 is 0 Å². The normalized spacial score (nSPS) is 24.7. The van der Waals surface area contributed by atoms with E-state index in [1.807, 2.05) is 6.07 Å². The molecule has 0 amide bonds. The Bertz CT molecular complexity index is 452. The molecule has 1 saturated carbocycles. The third-order valence-corrected chi connectivity index (χ3v) is 5.10. The molecule has 0 saturated heterocycles. The second kappa shape index (κ2) is 4.84. The summed E-state index contributed by atoms with van der Waals surface area (Å²) in [5.74, 6) is 0. The molecule has 1 aromatic rings. The molecule has 1 aliphatic heterocycles. The Morgan fingerprint density at radius 1 is 1.33 bits per heavy atom. The summed E-state index contributed by atoms with van der Waals surface area (Å²) in [6.45, 7) is 3.88. The summed E-state index contributed by atoms with van der Waals surface area (Å²) < 4.78 is 0. The zero-order valence-corrected chi connectivity index (χ0v) is 11.7. The van der Waals surface area contributed by atoms with Gasteiger partial charge in [-0.1, -0.05) is 30.5 Å². The lowest BCUT2D eigenvalue weighted by Crippen LogP contribution is -2.35. The summed E-state index contributed by atoms with van der Waals surface area (Å²) in [6.07, 6.45) is 5.40. The molecule has 98 valence electrons. The van der Waals surface area contributed by atoms with E-state index in [1.165, 1.54) is 42.4 Å². The van der Waals surface area contributed by atoms with E-state index in [-0.39, 0.29) is 0 Å². The quantitative estimate of drug-likeness (QED) is 0.887. The molecule has 1 aliphatic carbocycles. The van der Waals surface area contributed by atoms with Crippen LogP contribution in [0.3, 0.4) is 0 Å². The molecule has 0 bridgehead atoms. The highest BCUT2D eigenvalue weighted by atomic mass is 35.5. The van der Waals surface area contributed by atoms with Crippen molar-refractivity contribution < 1.29 is 0 Å². The van der Waals surface area contributed by atoms with Gasteiger partial charge in [-0.25, -0.2) is 0 Å². The summed E-state index contributed by atoms with van der Waals surface area (Å²) >= 11 is 6.24. The van der Waals surface area contributed by atoms with Gasteiger partial charge in [-0.15, -0.1) is 0 Å². The fourth-order valence-electron chi connectivity index (χ4n) is 3.62. The van der Waals surface area contributed by atoms with Gasteiger partial charge >= 0.3 is 0 Å². The maximum Gasteiger partial charge on any atom is 0.0480 e. The van der Waals surface area contributed by atoms with Crippen LogP contribution in [0.25, 0.3) is 0 Å². The lowest BCUT2D eigenvalue weighted by atomic mass is 10.0. The van der Waals surface area contributed by atoms with Crippen LogP contribution in [-0.4, -0.2) is 17.5 Å². The summed E-state index contributed by atoms with van der Waals surface area (Å²) in [7, 11) is 0. The van der Waals surface area contributed by atoms with Crippen molar-refractivity contribution in [3.8, 4) is 0 Å². The molecule has 1 atom stereocenters. The highest BCUT2D eigenvalue weighted by Crippen LogP contribution is 2.41. The average molecular weight is 265 g/mol. The SMILES string of the molecule is Cc1c(Cl)ccc2c1CN(C1CCCC1)C2CN. The van der Waals surface area contributed by atoms with E-state index in [1.54, 1.807) is 0 Å². The lowest BCUT2D eigenvalue weighted by Gasteiger charge is -2.29. The summed E-state index contributed by atoms with van der Waals surface area (Å²) in [6, 6.07) is 5.33. The van der Waals surface area contributed by atoms with Crippen LogP contribution in [0.5, 0.6) is 0 Å². The van der Waals surface area contributed by atoms with Gasteiger partial charge in [0.05, 0.1) is 0 Å². The van der Waals surface area contributed by atoms with Gasteiger partial charge in [0.25, 0.3) is 0 Å². The lowest BCUT2D eigenvalue weighted by molar-refractivity contribution is 0.152. The van der Waals surface area contributed by atoms with Gasteiger partial charge in [-0.3, -0.25) is 4.90 Å². The number of hydrogen-bond acceptors (Lipinski definition) is 2. The van der Waals surface area contributed by atoms with Crippen molar-refractivity contribution in [2.45, 2.75) is 51.2 Å². The summed E-state index contributed by atoms with van der Waals surface area (Å²) in [5.41, 5.74) is 10.1. The number of nitrogens with zero attached hydrogens (tertiary/aromatic N) is 1. The zero-order chi connectivity index (χ0) is 12.7. The van der Waals surface area contributed by atoms with Crippen molar-refractivity contribution in [1.29, 1.82) is 0 Å². The van der Waals surface area contributed by atoms with E-state index in [4.69, 9.17) is 17.3 Å². The maximum atomic E-state index is 6.24. The van der Waals surface area contributed by atoms with Crippen molar-refractivity contribution in [3.05, 3.63) is 33.8 Å². The minimum Gasteiger partial charge on any atom is -0.329 e. The first-order valence-electron chi connectivity index (χ1n) is 6.96. The van der Waals surface area contributed by atoms with E-state index in [2.05, 4.69) is 17.9 Å². The van der Waals surface area contributed by atoms with E-state index in [0.29, 0.717) is 12.6 Å². The average Bonchev–Trinajstić information content (AvgIpc) is 2.99. The van der Waals surface area contributed by atoms with Crippen LogP contribution in [-0.2, 0) is 6.54 Å². The molecule has 2 nitrogen and oxygen atoms in total. The van der Waals surface area contributed by atoms with Crippen molar-refractivity contribution in [2.24, 2.45) is 5.73 Å². The molecule has 0 radical (unpaired) electrons. The van der Waals surface area contributed by atoms with Crippen LogP contribution in [0.1, 0.15) is 48.4 Å². The van der Waals surface area contributed by atoms with Crippen molar-refractivity contribution >= 4 is 11.6 Å². The van der Waals surface area contributed by atoms with Crippen LogP contribution < -0.4 is 5.73 Å². The van der Waals surface area contributed by atoms with Crippen LogP contribution in [0.4, 0.5) is 0 Å². The third kappa shape index (κ3) is 1.87. The van der Waals surface area contributed by atoms with Gasteiger partial charge < -0.3 is 5.73 Å². The number of nitrogens with two attached hydrogens (primary N) is 1. The minimum atomic E-state index is 0.402. The Labute approximate surface area is 114 Å². The standard InChI is InChI=1S/C15H21ClN2/c1-10-13-9-18(11-4-2-3-5-11)15(8-17)12(13)6-7-14(10)16/h6-7,11,15H,2-5,8-9,17H2,1H3. The first kappa shape index (κ1) is 12.5. The predicted molar refractivity (Wildman–Crippen MR) is 75.8 cm³/mol. The van der Waals surface area contributed by atoms with Gasteiger partial charge in [-0.05, 0) is 42.5 Å². The molecule has 1 unspecified atom stereocenters. The van der Waals surface area contributed by atoms with Crippen LogP contribution in [0.15, 0.2) is 12.1 Å². The van der Waals surface area contributed by atoms with Crippen LogP contribution >= 0.6 is 11.6 Å². The molecule has 3 rings (SSSR count). The molecule has 18 heavy (non-hydrogen) atoms. The van der Waals surface area contributed by atoms with Crippen molar-refractivity contribution in [3.63, 3.8) is 0 Å². The molecule has 0 spiro atoms. The monoisotopic (exact) mass is 264 g/mol. The summed E-state index contributed by atoms with van der Waals surface area (Å²) in [4.78, 5) is 2.61. The first-order valence-corrected chi connectivity index (χ1v) is 7.34. The predicted octanol–water partition coefficient (Wildman–Crippen LogP) is 3.41. The van der Waals surface area contributed by atoms with Crippen LogP contribution in [0.2, 0.25) is 5.02 Å². The molecule has 0 aromatic heterocycles. The van der Waals surface area contributed by atoms with Crippen molar-refractivity contribution in [1.82, 2.24) is 4.90 Å². The van der Waals surface area contributed by atoms with E-state index >= 15 is 0 Å². The Morgan fingerprint density at radius 3 is 2.72 bits per heavy atom. The molecule has 2 aliphatic rings. The molecule has 1 fully saturated rings. The Kier molecular flexibility index (Phi) is 3.35. The molecule has 1 aromatic carbocycles. The minimum absolute atomic E-state index is 0.402. The maximum absolute atomic E-state index is 6.24. The van der Waals surface area contributed by atoms with Gasteiger partial charge in [0.15, 0.2) is 0 Å². The molecule has 3 heteroatoms. The molecular formula is C15H21ClN2. The fraction of sp³-hybridized carbons (Fsp3) is 0.600. The number of halogens is 1. The smallest absolute Gasteiger partial charge is 0.0480 e. The Morgan fingerprint density at radius 2 is 2.06 bits per heavy atom. The van der Waals surface area contributed by atoms with Crippen molar-refractivity contribution in [2.75, 3.05) is 6.54 Å². The number of rotatable bonds is 2.